The van der Waals surface area contributed by atoms with E-state index in [-0.39, 0.29) is 75.4 Å². The fourth-order valence-corrected chi connectivity index (χ4v) is 6.13. The van der Waals surface area contributed by atoms with Crippen molar-refractivity contribution >= 4 is 16.9 Å². The number of hydrogen-bond acceptors (Lipinski definition) is 7. The molecule has 0 radical (unpaired) electrons. The maximum Gasteiger partial charge on any atom is 0.343 e. The van der Waals surface area contributed by atoms with E-state index in [1.807, 2.05) is 0 Å². The van der Waals surface area contributed by atoms with Gasteiger partial charge in [-0.2, -0.15) is 0 Å². The van der Waals surface area contributed by atoms with Gasteiger partial charge in [-0.05, 0) is 61.9 Å². The predicted octanol–water partition coefficient (Wildman–Crippen LogP) is 3.14. The third kappa shape index (κ3) is 3.44. The maximum absolute atomic E-state index is 14.9. The van der Waals surface area contributed by atoms with Crippen molar-refractivity contribution in [2.45, 2.75) is 70.6 Å². The minimum Gasteiger partial charge on any atom is -0.519 e. The molecule has 2 N–H and O–H groups in total. The number of rotatable bonds is 4. The average Bonchev–Trinajstić information content (AvgIpc) is 3.23. The first-order valence-electron chi connectivity index (χ1n) is 12.7. The first-order chi connectivity index (χ1) is 17.8. The minimum absolute atomic E-state index is 0. The molecule has 9 nitrogen and oxygen atoms in total. The van der Waals surface area contributed by atoms with Crippen LogP contribution in [0.15, 0.2) is 16.9 Å². The Labute approximate surface area is 231 Å². The van der Waals surface area contributed by atoms with Gasteiger partial charge in [0.25, 0.3) is 5.56 Å². The number of nitrogens with zero attached hydrogens (tertiary/aromatic N) is 3. The van der Waals surface area contributed by atoms with Gasteiger partial charge in [-0.3, -0.25) is 4.79 Å². The summed E-state index contributed by atoms with van der Waals surface area (Å²) >= 11 is 0. The Hall–Kier alpha value is -2.49. The van der Waals surface area contributed by atoms with Gasteiger partial charge in [-0.1, -0.05) is 13.1 Å². The van der Waals surface area contributed by atoms with Crippen molar-refractivity contribution in [1.29, 1.82) is 0 Å². The van der Waals surface area contributed by atoms with Crippen LogP contribution in [-0.4, -0.2) is 33.3 Å². The second-order valence-electron chi connectivity index (χ2n) is 10.3. The Morgan fingerprint density at radius 1 is 1.29 bits per heavy atom. The van der Waals surface area contributed by atoms with Gasteiger partial charge in [0.15, 0.2) is 5.60 Å². The molecule has 11 heteroatoms. The Morgan fingerprint density at radius 2 is 2.08 bits per heavy atom. The van der Waals surface area contributed by atoms with Crippen LogP contribution in [0.5, 0.6) is 0 Å². The van der Waals surface area contributed by atoms with Gasteiger partial charge in [0.05, 0.1) is 35.1 Å². The molecule has 1 fully saturated rings. The Kier molecular flexibility index (Phi) is 6.12. The maximum atomic E-state index is 14.9. The van der Waals surface area contributed by atoms with Crippen molar-refractivity contribution in [2.75, 3.05) is 6.54 Å². The number of fused-ring (bicyclic) bond motifs is 5. The van der Waals surface area contributed by atoms with Crippen LogP contribution in [0.3, 0.4) is 0 Å². The first-order valence-corrected chi connectivity index (χ1v) is 12.7. The van der Waals surface area contributed by atoms with E-state index in [9.17, 15) is 19.1 Å². The van der Waals surface area contributed by atoms with E-state index < -0.39 is 11.6 Å². The third-order valence-corrected chi connectivity index (χ3v) is 8.44. The standard InChI is InChI=1S/C27H26FN4O5.W/c1-3-27(35)16-8-19-24-14(10-32(19)25(33)15(16)11-36-26(27)34)23-20(37-31-21-6-7-29-21)5-4-13-12(2)17(28)9-18(30-24)22(13)23;/h8-9,20-21,29,35H,3-7,10-11H2,1-2H3;/q-1;. The zero-order valence-corrected chi connectivity index (χ0v) is 23.9. The molecule has 7 rings (SSSR count). The van der Waals surface area contributed by atoms with Crippen LogP contribution >= 0.6 is 0 Å². The van der Waals surface area contributed by atoms with Crippen LogP contribution in [0, 0.1) is 12.7 Å². The Balaban J connectivity index is 0.00000264. The van der Waals surface area contributed by atoms with Crippen LogP contribution in [-0.2, 0) is 60.6 Å². The molecule has 0 amide bonds. The zero-order valence-electron chi connectivity index (χ0n) is 21.0. The number of aliphatic hydroxyl groups is 1. The van der Waals surface area contributed by atoms with Crippen molar-refractivity contribution < 1.29 is 44.9 Å². The average molecular weight is 689 g/mol. The Morgan fingerprint density at radius 3 is 2.79 bits per heavy atom. The molecular weight excluding hydrogens is 663 g/mol. The van der Waals surface area contributed by atoms with Gasteiger partial charge in [0, 0.05) is 43.6 Å². The van der Waals surface area contributed by atoms with E-state index in [0.29, 0.717) is 35.3 Å². The summed E-state index contributed by atoms with van der Waals surface area (Å²) in [4.78, 5) is 37.0. The molecule has 3 unspecified atom stereocenters. The Bertz CT molecular complexity index is 1590. The van der Waals surface area contributed by atoms with Crippen molar-refractivity contribution in [3.8, 4) is 11.4 Å². The number of aromatic nitrogens is 2. The molecule has 5 heterocycles. The van der Waals surface area contributed by atoms with Crippen molar-refractivity contribution in [2.24, 2.45) is 0 Å². The van der Waals surface area contributed by atoms with Crippen LogP contribution in [0.25, 0.3) is 27.8 Å². The summed E-state index contributed by atoms with van der Waals surface area (Å²) in [6.45, 7) is 4.41. The van der Waals surface area contributed by atoms with Crippen LogP contribution in [0.2, 0.25) is 0 Å². The van der Waals surface area contributed by atoms with Crippen molar-refractivity contribution in [3.05, 3.63) is 67.2 Å². The quantitative estimate of drug-likeness (QED) is 0.250. The van der Waals surface area contributed by atoms with Gasteiger partial charge in [-0.15, -0.1) is 0 Å². The number of aryl methyl sites for hydroxylation is 1. The smallest absolute Gasteiger partial charge is 0.343 e. The van der Waals surface area contributed by atoms with E-state index >= 15 is 0 Å². The largest absolute Gasteiger partial charge is 0.519 e. The molecule has 198 valence electrons. The van der Waals surface area contributed by atoms with E-state index in [1.54, 1.807) is 24.5 Å². The SMILES string of the molecule is CCC1(O)C(=O)OCc2c1cc1n(c2=O)Cc2c-1nc1cc(F)c(C)c3c1c2C(O[N-]C1CCN1)CC3.[W]. The summed E-state index contributed by atoms with van der Waals surface area (Å²) in [5, 5.41) is 15.2. The fourth-order valence-electron chi connectivity index (χ4n) is 6.13. The van der Waals surface area contributed by atoms with Gasteiger partial charge >= 0.3 is 5.97 Å². The molecule has 4 aliphatic rings. The molecule has 1 saturated heterocycles. The minimum atomic E-state index is -1.91. The monoisotopic (exact) mass is 689 g/mol. The molecule has 0 bridgehead atoms. The molecule has 0 spiro atoms. The number of carbonyl (C=O) groups excluding carboxylic acids is 1. The molecule has 1 aromatic carbocycles. The summed E-state index contributed by atoms with van der Waals surface area (Å²) in [6, 6.07) is 3.11. The second kappa shape index (κ2) is 9.03. The normalized spacial score (nSPS) is 24.7. The predicted molar refractivity (Wildman–Crippen MR) is 131 cm³/mol. The molecular formula is C27H26FN4O5W-. The van der Waals surface area contributed by atoms with Crippen LogP contribution in [0.4, 0.5) is 4.39 Å². The van der Waals surface area contributed by atoms with Crippen molar-refractivity contribution in [1.82, 2.24) is 14.9 Å². The molecule has 38 heavy (non-hydrogen) atoms. The van der Waals surface area contributed by atoms with E-state index in [0.717, 1.165) is 35.0 Å². The molecule has 2 aromatic heterocycles. The number of pyridine rings is 2. The van der Waals surface area contributed by atoms with E-state index in [4.69, 9.17) is 14.6 Å². The number of benzene rings is 1. The molecule has 3 aliphatic heterocycles. The number of hydrogen-bond donors (Lipinski definition) is 2. The fraction of sp³-hybridized carbons (Fsp3) is 0.444. The molecule has 0 saturated carbocycles. The second-order valence-corrected chi connectivity index (χ2v) is 10.3. The number of carbonyl (C=O) groups is 1. The number of hydroxylamine groups is 1. The van der Waals surface area contributed by atoms with Gasteiger partial charge in [-0.25, -0.2) is 14.2 Å². The molecule has 1 aliphatic carbocycles. The summed E-state index contributed by atoms with van der Waals surface area (Å²) < 4.78 is 21.7. The summed E-state index contributed by atoms with van der Waals surface area (Å²) in [7, 11) is 0. The third-order valence-electron chi connectivity index (χ3n) is 8.44. The number of ether oxygens (including phenoxy) is 1. The van der Waals surface area contributed by atoms with E-state index in [1.165, 1.54) is 6.07 Å². The van der Waals surface area contributed by atoms with E-state index in [2.05, 4.69) is 10.8 Å². The summed E-state index contributed by atoms with van der Waals surface area (Å²) in [5.41, 5.74) is 7.38. The van der Waals surface area contributed by atoms with Crippen LogP contribution < -0.4 is 10.9 Å². The summed E-state index contributed by atoms with van der Waals surface area (Å²) in [6.07, 6.45) is 1.82. The van der Waals surface area contributed by atoms with Gasteiger partial charge in [0.1, 0.15) is 12.4 Å². The number of halogens is 1. The number of cyclic esters (lactones) is 1. The topological polar surface area (TPSA) is 117 Å². The first kappa shape index (κ1) is 25.8. The molecule has 3 atom stereocenters. The van der Waals surface area contributed by atoms with Gasteiger partial charge < -0.3 is 30.0 Å². The zero-order chi connectivity index (χ0) is 25.6. The molecule has 3 aromatic rings. The number of esters is 1. The summed E-state index contributed by atoms with van der Waals surface area (Å²) in [5.74, 6) is -1.10. The number of nitrogens with one attached hydrogen (secondary N) is 1. The van der Waals surface area contributed by atoms with Crippen molar-refractivity contribution in [3.63, 3.8) is 0 Å². The van der Waals surface area contributed by atoms with Gasteiger partial charge in [0.2, 0.25) is 0 Å². The van der Waals surface area contributed by atoms with Crippen LogP contribution in [0.1, 0.15) is 65.7 Å².